The summed E-state index contributed by atoms with van der Waals surface area (Å²) in [7, 11) is 0. The molecule has 0 N–H and O–H groups in total. The van der Waals surface area contributed by atoms with E-state index in [1.165, 1.54) is 12.3 Å². The fraction of sp³-hybridized carbons (Fsp3) is 0.125. The fourth-order valence-electron chi connectivity index (χ4n) is 0.708. The van der Waals surface area contributed by atoms with Gasteiger partial charge in [0, 0.05) is 6.07 Å². The first-order chi connectivity index (χ1) is 5.29. The first-order valence-electron chi connectivity index (χ1n) is 2.93. The molecule has 0 aromatic carbocycles. The van der Waals surface area contributed by atoms with E-state index in [0.717, 1.165) is 0 Å². The zero-order chi connectivity index (χ0) is 8.27. The summed E-state index contributed by atoms with van der Waals surface area (Å²) in [5.74, 6) is 2.78. The molecule has 1 aromatic rings. The third-order valence-corrected chi connectivity index (χ3v) is 1.73. The van der Waals surface area contributed by atoms with Crippen molar-refractivity contribution < 1.29 is 4.42 Å². The molecule has 3 heteroatoms. The molecule has 1 rings (SSSR count). The molecule has 1 heterocycles. The summed E-state index contributed by atoms with van der Waals surface area (Å²) in [4.78, 5) is 11.0. The number of terminal acetylenes is 1. The summed E-state index contributed by atoms with van der Waals surface area (Å²) in [6.45, 7) is 0. The van der Waals surface area contributed by atoms with Crippen molar-refractivity contribution in [1.29, 1.82) is 0 Å². The van der Waals surface area contributed by atoms with Gasteiger partial charge in [-0.25, -0.2) is 0 Å². The molecule has 11 heavy (non-hydrogen) atoms. The van der Waals surface area contributed by atoms with Crippen molar-refractivity contribution in [3.8, 4) is 12.3 Å². The van der Waals surface area contributed by atoms with Gasteiger partial charge in [0.2, 0.25) is 5.43 Å². The smallest absolute Gasteiger partial charge is 0.200 e. The molecule has 56 valence electrons. The Labute approximate surface area is 72.4 Å². The molecular formula is C8H5BrO2. The number of hydrogen-bond acceptors (Lipinski definition) is 2. The van der Waals surface area contributed by atoms with Crippen molar-refractivity contribution in [2.45, 2.75) is 5.33 Å². The van der Waals surface area contributed by atoms with Crippen molar-refractivity contribution in [1.82, 2.24) is 0 Å². The predicted octanol–water partition coefficient (Wildman–Crippen LogP) is 1.52. The Balaban J connectivity index is 3.40. The van der Waals surface area contributed by atoms with Gasteiger partial charge in [-0.1, -0.05) is 21.9 Å². The highest BCUT2D eigenvalue weighted by Gasteiger charge is 2.03. The van der Waals surface area contributed by atoms with Crippen LogP contribution < -0.4 is 5.43 Å². The first kappa shape index (κ1) is 8.09. The summed E-state index contributed by atoms with van der Waals surface area (Å²) in [6, 6.07) is 1.31. The van der Waals surface area contributed by atoms with Crippen LogP contribution in [0, 0.1) is 12.3 Å². The Kier molecular flexibility index (Phi) is 2.50. The van der Waals surface area contributed by atoms with Crippen LogP contribution in [0.5, 0.6) is 0 Å². The maximum absolute atomic E-state index is 11.0. The van der Waals surface area contributed by atoms with Crippen LogP contribution in [0.2, 0.25) is 0 Å². The van der Waals surface area contributed by atoms with E-state index in [0.29, 0.717) is 16.7 Å². The Hall–Kier alpha value is -1.01. The number of rotatable bonds is 1. The number of halogens is 1. The molecule has 0 amide bonds. The molecule has 1 aromatic heterocycles. The van der Waals surface area contributed by atoms with E-state index in [2.05, 4.69) is 21.9 Å². The van der Waals surface area contributed by atoms with Crippen LogP contribution >= 0.6 is 15.9 Å². The van der Waals surface area contributed by atoms with E-state index in [4.69, 9.17) is 10.8 Å². The lowest BCUT2D eigenvalue weighted by molar-refractivity contribution is 0.510. The molecule has 0 unspecified atom stereocenters. The van der Waals surface area contributed by atoms with Crippen molar-refractivity contribution in [2.75, 3.05) is 0 Å². The zero-order valence-corrected chi connectivity index (χ0v) is 7.22. The van der Waals surface area contributed by atoms with E-state index in [1.54, 1.807) is 0 Å². The van der Waals surface area contributed by atoms with E-state index in [9.17, 15) is 4.79 Å². The summed E-state index contributed by atoms with van der Waals surface area (Å²) in [5.41, 5.74) is 0.123. The van der Waals surface area contributed by atoms with Crippen LogP contribution in [0.25, 0.3) is 0 Å². The molecule has 0 atom stereocenters. The topological polar surface area (TPSA) is 30.2 Å². The standard InChI is InChI=1S/C8H5BrO2/c1-2-6-7(10)3-4-11-8(6)5-9/h1,3-4H,5H2. The van der Waals surface area contributed by atoms with Gasteiger partial charge in [0.05, 0.1) is 11.6 Å². The van der Waals surface area contributed by atoms with Crippen molar-refractivity contribution in [2.24, 2.45) is 0 Å². The van der Waals surface area contributed by atoms with E-state index in [-0.39, 0.29) is 5.43 Å². The van der Waals surface area contributed by atoms with Crippen LogP contribution in [0.15, 0.2) is 21.5 Å². The lowest BCUT2D eigenvalue weighted by atomic mass is 10.2. The lowest BCUT2D eigenvalue weighted by Crippen LogP contribution is -2.05. The van der Waals surface area contributed by atoms with E-state index >= 15 is 0 Å². The van der Waals surface area contributed by atoms with Crippen LogP contribution in [0.1, 0.15) is 11.3 Å². The van der Waals surface area contributed by atoms with Crippen molar-refractivity contribution in [3.05, 3.63) is 33.9 Å². The van der Waals surface area contributed by atoms with Gasteiger partial charge in [0.25, 0.3) is 0 Å². The molecule has 0 radical (unpaired) electrons. The van der Waals surface area contributed by atoms with Gasteiger partial charge in [0.15, 0.2) is 0 Å². The summed E-state index contributed by atoms with van der Waals surface area (Å²) < 4.78 is 4.99. The average Bonchev–Trinajstić information content (AvgIpc) is 2.04. The van der Waals surface area contributed by atoms with Crippen LogP contribution in [-0.4, -0.2) is 0 Å². The minimum absolute atomic E-state index is 0.173. The van der Waals surface area contributed by atoms with Gasteiger partial charge >= 0.3 is 0 Å². The van der Waals surface area contributed by atoms with Gasteiger partial charge < -0.3 is 4.42 Å². The molecule has 0 fully saturated rings. The quantitative estimate of drug-likeness (QED) is 0.522. The maximum atomic E-state index is 11.0. The molecule has 0 aliphatic heterocycles. The highest BCUT2D eigenvalue weighted by Crippen LogP contribution is 2.06. The minimum Gasteiger partial charge on any atom is -0.467 e. The van der Waals surface area contributed by atoms with Crippen LogP contribution in [0.3, 0.4) is 0 Å². The number of hydrogen-bond donors (Lipinski definition) is 0. The maximum Gasteiger partial charge on any atom is 0.200 e. The Morgan fingerprint density at radius 3 is 2.91 bits per heavy atom. The highest BCUT2D eigenvalue weighted by molar-refractivity contribution is 9.08. The third-order valence-electron chi connectivity index (χ3n) is 1.22. The molecule has 0 saturated carbocycles. The molecule has 2 nitrogen and oxygen atoms in total. The second-order valence-electron chi connectivity index (χ2n) is 1.86. The minimum atomic E-state index is -0.173. The predicted molar refractivity (Wildman–Crippen MR) is 45.5 cm³/mol. The Morgan fingerprint density at radius 1 is 1.73 bits per heavy atom. The van der Waals surface area contributed by atoms with Gasteiger partial charge in [-0.3, -0.25) is 4.79 Å². The van der Waals surface area contributed by atoms with E-state index < -0.39 is 0 Å². The first-order valence-corrected chi connectivity index (χ1v) is 4.05. The Morgan fingerprint density at radius 2 is 2.45 bits per heavy atom. The largest absolute Gasteiger partial charge is 0.467 e. The molecule has 0 spiro atoms. The summed E-state index contributed by atoms with van der Waals surface area (Å²) in [5, 5.41) is 0.461. The van der Waals surface area contributed by atoms with E-state index in [1.807, 2.05) is 0 Å². The summed E-state index contributed by atoms with van der Waals surface area (Å²) >= 11 is 3.16. The number of alkyl halides is 1. The molecule has 0 aliphatic carbocycles. The van der Waals surface area contributed by atoms with Crippen molar-refractivity contribution in [3.63, 3.8) is 0 Å². The second-order valence-corrected chi connectivity index (χ2v) is 2.42. The summed E-state index contributed by atoms with van der Waals surface area (Å²) in [6.07, 6.45) is 6.43. The van der Waals surface area contributed by atoms with Gasteiger partial charge in [-0.15, -0.1) is 6.42 Å². The highest BCUT2D eigenvalue weighted by atomic mass is 79.9. The van der Waals surface area contributed by atoms with Gasteiger partial charge in [-0.2, -0.15) is 0 Å². The van der Waals surface area contributed by atoms with Gasteiger partial charge in [0.1, 0.15) is 11.3 Å². The van der Waals surface area contributed by atoms with Crippen LogP contribution in [0.4, 0.5) is 0 Å². The van der Waals surface area contributed by atoms with Crippen LogP contribution in [-0.2, 0) is 5.33 Å². The molecule has 0 bridgehead atoms. The monoisotopic (exact) mass is 212 g/mol. The SMILES string of the molecule is C#Cc1c(CBr)occc1=O. The molecule has 0 saturated heterocycles. The Bertz CT molecular complexity index is 346. The molecular weight excluding hydrogens is 208 g/mol. The average molecular weight is 213 g/mol. The lowest BCUT2D eigenvalue weighted by Gasteiger charge is -1.95. The molecule has 0 aliphatic rings. The zero-order valence-electron chi connectivity index (χ0n) is 5.63. The van der Waals surface area contributed by atoms with Crippen molar-refractivity contribution >= 4 is 15.9 Å². The normalized spacial score (nSPS) is 9.09. The second kappa shape index (κ2) is 3.40. The fourth-order valence-corrected chi connectivity index (χ4v) is 1.12. The third kappa shape index (κ3) is 1.52. The van der Waals surface area contributed by atoms with Gasteiger partial charge in [-0.05, 0) is 0 Å².